The van der Waals surface area contributed by atoms with E-state index in [1.807, 2.05) is 109 Å². The highest BCUT2D eigenvalue weighted by Crippen LogP contribution is 2.31. The minimum absolute atomic E-state index is 0.204. The first-order valence-electron chi connectivity index (χ1n) is 24.4. The van der Waals surface area contributed by atoms with Crippen LogP contribution in [0.4, 0.5) is 0 Å². The first-order valence-corrected chi connectivity index (χ1v) is 24.4. The van der Waals surface area contributed by atoms with E-state index in [0.29, 0.717) is 36.8 Å². The average molecular weight is 929 g/mol. The molecule has 0 bridgehead atoms. The maximum atomic E-state index is 13.5. The summed E-state index contributed by atoms with van der Waals surface area (Å²) in [6, 6.07) is 32.5. The van der Waals surface area contributed by atoms with Crippen molar-refractivity contribution in [3.05, 3.63) is 143 Å². The topological polar surface area (TPSA) is 179 Å². The van der Waals surface area contributed by atoms with Crippen molar-refractivity contribution in [2.45, 2.75) is 100 Å². The van der Waals surface area contributed by atoms with Gasteiger partial charge < -0.3 is 40.6 Å². The summed E-state index contributed by atoms with van der Waals surface area (Å²) in [6.45, 7) is 8.11. The van der Waals surface area contributed by atoms with Crippen molar-refractivity contribution >= 4 is 29.9 Å². The first kappa shape index (κ1) is 50.1. The van der Waals surface area contributed by atoms with Gasteiger partial charge in [0.2, 0.25) is 11.8 Å². The number of hydrogen-bond acceptors (Lipinski definition) is 10. The number of aliphatic hydroxyl groups excluding tert-OH is 1. The summed E-state index contributed by atoms with van der Waals surface area (Å²) in [6.07, 6.45) is 8.55. The molecule has 2 heterocycles. The smallest absolute Gasteiger partial charge is 0.252 e. The fourth-order valence-electron chi connectivity index (χ4n) is 9.62. The van der Waals surface area contributed by atoms with Crippen LogP contribution in [0, 0.1) is 0 Å². The van der Waals surface area contributed by atoms with Crippen LogP contribution in [0.15, 0.2) is 109 Å². The Labute approximate surface area is 400 Å². The van der Waals surface area contributed by atoms with E-state index >= 15 is 0 Å². The summed E-state index contributed by atoms with van der Waals surface area (Å²) < 4.78 is 10.8. The summed E-state index contributed by atoms with van der Waals surface area (Å²) in [5.74, 6) is -1.04. The molecule has 0 unspecified atom stereocenters. The van der Waals surface area contributed by atoms with E-state index in [1.54, 1.807) is 0 Å². The number of ether oxygens (including phenoxy) is 2. The molecule has 0 aromatic heterocycles. The van der Waals surface area contributed by atoms with E-state index in [2.05, 4.69) is 31.1 Å². The molecule has 362 valence electrons. The number of carbonyl (C=O) groups excluding carboxylic acids is 5. The number of morpholine rings is 2. The van der Waals surface area contributed by atoms with Gasteiger partial charge in [0.25, 0.3) is 11.8 Å². The Morgan fingerprint density at radius 3 is 1.34 bits per heavy atom. The fourth-order valence-corrected chi connectivity index (χ4v) is 9.62. The molecule has 4 fully saturated rings. The number of hydrogen-bond donors (Lipinski definition) is 5. The molecule has 4 aromatic rings. The number of carbonyl (C=O) groups is 5. The minimum Gasteiger partial charge on any atom is -0.394 e. The Balaban J connectivity index is 0.000000201. The molecule has 4 aliphatic rings. The lowest BCUT2D eigenvalue weighted by Crippen LogP contribution is -2.60. The van der Waals surface area contributed by atoms with Crippen LogP contribution < -0.4 is 21.3 Å². The third-order valence-corrected chi connectivity index (χ3v) is 13.7. The Morgan fingerprint density at radius 1 is 0.544 bits per heavy atom. The van der Waals surface area contributed by atoms with Gasteiger partial charge in [0, 0.05) is 50.4 Å². The minimum atomic E-state index is -1.02. The van der Waals surface area contributed by atoms with E-state index in [0.717, 1.165) is 133 Å². The molecule has 14 heteroatoms. The van der Waals surface area contributed by atoms with E-state index in [4.69, 9.17) is 9.47 Å². The van der Waals surface area contributed by atoms with Crippen molar-refractivity contribution in [2.24, 2.45) is 0 Å². The monoisotopic (exact) mass is 929 g/mol. The normalized spacial score (nSPS) is 19.1. The van der Waals surface area contributed by atoms with Crippen molar-refractivity contribution in [1.82, 2.24) is 31.1 Å². The summed E-state index contributed by atoms with van der Waals surface area (Å²) in [5, 5.41) is 21.9. The number of amides is 4. The Hall–Kier alpha value is -5.77. The van der Waals surface area contributed by atoms with Crippen LogP contribution in [0.3, 0.4) is 0 Å². The predicted molar refractivity (Wildman–Crippen MR) is 259 cm³/mol. The van der Waals surface area contributed by atoms with Gasteiger partial charge >= 0.3 is 0 Å². The van der Waals surface area contributed by atoms with E-state index in [-0.39, 0.29) is 30.2 Å². The molecule has 2 aliphatic carbocycles. The summed E-state index contributed by atoms with van der Waals surface area (Å²) in [4.78, 5) is 69.6. The lowest BCUT2D eigenvalue weighted by Gasteiger charge is -2.37. The molecule has 0 spiro atoms. The van der Waals surface area contributed by atoms with Crippen LogP contribution in [-0.2, 0) is 36.9 Å². The highest BCUT2D eigenvalue weighted by molar-refractivity contribution is 6.00. The zero-order valence-corrected chi connectivity index (χ0v) is 39.2. The van der Waals surface area contributed by atoms with Gasteiger partial charge in [0.05, 0.1) is 39.1 Å². The highest BCUT2D eigenvalue weighted by atomic mass is 16.5. The number of rotatable bonds is 16. The number of benzene rings is 4. The van der Waals surface area contributed by atoms with Crippen LogP contribution in [0.5, 0.6) is 0 Å². The maximum absolute atomic E-state index is 13.5. The lowest BCUT2D eigenvalue weighted by molar-refractivity contribution is -0.131. The first-order chi connectivity index (χ1) is 33.2. The standard InChI is InChI=1S/C27H35N3O4.C27H33N3O4/c2*31-20-24(22-7-3-1-4-8-22)28-26(33)27(13-5-2-6-14-27)29-25(32)23-11-9-21(10-12-23)19-30-15-17-34-18-16-30/h1,3-4,7-12,24,31H,2,5-6,13-20H2,(H,28,33)(H,29,32);1,3-4,7-12,20,24H,2,5-6,13-19H2,(H,28,33)(H,29,32)/t2*24-/m11/s1. The van der Waals surface area contributed by atoms with E-state index in [1.165, 1.54) is 0 Å². The fraction of sp³-hybridized carbons (Fsp3) is 0.463. The summed E-state index contributed by atoms with van der Waals surface area (Å²) >= 11 is 0. The second kappa shape index (κ2) is 25.0. The molecule has 4 aromatic carbocycles. The van der Waals surface area contributed by atoms with Crippen molar-refractivity contribution in [3.63, 3.8) is 0 Å². The predicted octanol–water partition coefficient (Wildman–Crippen LogP) is 5.81. The lowest BCUT2D eigenvalue weighted by atomic mass is 9.80. The SMILES string of the molecule is O=C(NC1(C(=O)N[C@H](CO)c2ccccc2)CCCCC1)c1ccc(CN2CCOCC2)cc1.O=C[C@@H](NC(=O)C1(NC(=O)c2ccc(CN3CCOCC3)cc2)CCCCC1)c1ccccc1. The van der Waals surface area contributed by atoms with Crippen LogP contribution in [0.1, 0.15) is 119 Å². The van der Waals surface area contributed by atoms with E-state index < -0.39 is 23.2 Å². The molecular formula is C54H68N6O8. The number of aldehydes is 1. The second-order valence-electron chi connectivity index (χ2n) is 18.5. The maximum Gasteiger partial charge on any atom is 0.252 e. The van der Waals surface area contributed by atoms with Crippen molar-refractivity contribution in [1.29, 1.82) is 0 Å². The van der Waals surface area contributed by atoms with Crippen LogP contribution >= 0.6 is 0 Å². The summed E-state index contributed by atoms with van der Waals surface area (Å²) in [5.41, 5.74) is 2.94. The van der Waals surface area contributed by atoms with Crippen molar-refractivity contribution < 1.29 is 38.6 Å². The molecule has 2 saturated heterocycles. The molecule has 4 amide bonds. The molecule has 2 saturated carbocycles. The Kier molecular flexibility index (Phi) is 18.4. The van der Waals surface area contributed by atoms with Crippen molar-refractivity contribution in [3.8, 4) is 0 Å². The quantitative estimate of drug-likeness (QED) is 0.0863. The highest BCUT2D eigenvalue weighted by Gasteiger charge is 2.43. The average Bonchev–Trinajstić information content (AvgIpc) is 3.39. The van der Waals surface area contributed by atoms with Gasteiger partial charge in [-0.25, -0.2) is 0 Å². The molecule has 5 N–H and O–H groups in total. The van der Waals surface area contributed by atoms with Gasteiger partial charge in [-0.05, 0) is 72.2 Å². The van der Waals surface area contributed by atoms with Gasteiger partial charge in [-0.15, -0.1) is 0 Å². The second-order valence-corrected chi connectivity index (χ2v) is 18.5. The third-order valence-electron chi connectivity index (χ3n) is 13.7. The largest absolute Gasteiger partial charge is 0.394 e. The Morgan fingerprint density at radius 2 is 0.941 bits per heavy atom. The molecule has 2 atom stereocenters. The van der Waals surface area contributed by atoms with Crippen LogP contribution in [-0.4, -0.2) is 115 Å². The number of nitrogens with zero attached hydrogens (tertiary/aromatic N) is 2. The van der Waals surface area contributed by atoms with Crippen molar-refractivity contribution in [2.75, 3.05) is 59.2 Å². The Bertz CT molecular complexity index is 2220. The van der Waals surface area contributed by atoms with E-state index in [9.17, 15) is 29.1 Å². The van der Waals surface area contributed by atoms with Gasteiger partial charge in [0.1, 0.15) is 23.4 Å². The molecular weight excluding hydrogens is 861 g/mol. The zero-order valence-electron chi connectivity index (χ0n) is 39.2. The molecule has 14 nitrogen and oxygen atoms in total. The van der Waals surface area contributed by atoms with Gasteiger partial charge in [-0.3, -0.25) is 29.0 Å². The number of aliphatic hydroxyl groups is 1. The third kappa shape index (κ3) is 13.7. The van der Waals surface area contributed by atoms with Gasteiger partial charge in [0.15, 0.2) is 0 Å². The molecule has 68 heavy (non-hydrogen) atoms. The number of nitrogens with one attached hydrogen (secondary N) is 4. The van der Waals surface area contributed by atoms with Crippen LogP contribution in [0.2, 0.25) is 0 Å². The molecule has 2 aliphatic heterocycles. The molecule has 0 radical (unpaired) electrons. The van der Waals surface area contributed by atoms with Crippen LogP contribution in [0.25, 0.3) is 0 Å². The molecule has 8 rings (SSSR count). The summed E-state index contributed by atoms with van der Waals surface area (Å²) in [7, 11) is 0. The van der Waals surface area contributed by atoms with Gasteiger partial charge in [-0.2, -0.15) is 0 Å². The zero-order chi connectivity index (χ0) is 47.6. The van der Waals surface area contributed by atoms with Gasteiger partial charge in [-0.1, -0.05) is 123 Å².